The lowest BCUT2D eigenvalue weighted by molar-refractivity contribution is -0.385. The van der Waals surface area contributed by atoms with Crippen LogP contribution in [0.5, 0.6) is 0 Å². The standard InChI is InChI=1S/C12H16N2O2/c1-9-6-11(9)8-13-7-10-4-2-3-5-12(10)14(15)16/h2-5,9,11,13H,6-8H2,1H3. The Hall–Kier alpha value is -1.42. The molecule has 2 unspecified atom stereocenters. The summed E-state index contributed by atoms with van der Waals surface area (Å²) >= 11 is 0. The molecule has 4 nitrogen and oxygen atoms in total. The monoisotopic (exact) mass is 220 g/mol. The summed E-state index contributed by atoms with van der Waals surface area (Å²) < 4.78 is 0. The Morgan fingerprint density at radius 1 is 1.50 bits per heavy atom. The number of nitro groups is 1. The summed E-state index contributed by atoms with van der Waals surface area (Å²) in [5, 5.41) is 14.0. The predicted molar refractivity (Wildman–Crippen MR) is 62.1 cm³/mol. The maximum Gasteiger partial charge on any atom is 0.273 e. The lowest BCUT2D eigenvalue weighted by atomic mass is 10.2. The van der Waals surface area contributed by atoms with Gasteiger partial charge in [0.15, 0.2) is 0 Å². The van der Waals surface area contributed by atoms with Gasteiger partial charge in [-0.1, -0.05) is 25.1 Å². The van der Waals surface area contributed by atoms with E-state index in [9.17, 15) is 10.1 Å². The van der Waals surface area contributed by atoms with Crippen molar-refractivity contribution in [1.29, 1.82) is 0 Å². The summed E-state index contributed by atoms with van der Waals surface area (Å²) in [6.07, 6.45) is 1.28. The lowest BCUT2D eigenvalue weighted by Gasteiger charge is -2.04. The van der Waals surface area contributed by atoms with E-state index in [0.717, 1.165) is 23.9 Å². The van der Waals surface area contributed by atoms with Gasteiger partial charge in [-0.3, -0.25) is 10.1 Å². The number of nitrogens with one attached hydrogen (secondary N) is 1. The summed E-state index contributed by atoms with van der Waals surface area (Å²) in [5.74, 6) is 1.58. The van der Waals surface area contributed by atoms with Gasteiger partial charge in [0.25, 0.3) is 5.69 Å². The van der Waals surface area contributed by atoms with Crippen LogP contribution in [0.15, 0.2) is 24.3 Å². The van der Waals surface area contributed by atoms with Crippen LogP contribution in [-0.4, -0.2) is 11.5 Å². The number of rotatable bonds is 5. The van der Waals surface area contributed by atoms with E-state index in [1.54, 1.807) is 12.1 Å². The zero-order valence-corrected chi connectivity index (χ0v) is 9.35. The first-order valence-electron chi connectivity index (χ1n) is 5.61. The van der Waals surface area contributed by atoms with Crippen molar-refractivity contribution >= 4 is 5.69 Å². The topological polar surface area (TPSA) is 55.2 Å². The SMILES string of the molecule is CC1CC1CNCc1ccccc1[N+](=O)[O-]. The van der Waals surface area contributed by atoms with Crippen molar-refractivity contribution in [3.8, 4) is 0 Å². The minimum Gasteiger partial charge on any atom is -0.312 e. The van der Waals surface area contributed by atoms with E-state index < -0.39 is 0 Å². The van der Waals surface area contributed by atoms with E-state index in [0.29, 0.717) is 6.54 Å². The van der Waals surface area contributed by atoms with Crippen molar-refractivity contribution in [2.24, 2.45) is 11.8 Å². The number of nitrogens with zero attached hydrogens (tertiary/aromatic N) is 1. The summed E-state index contributed by atoms with van der Waals surface area (Å²) in [4.78, 5) is 10.4. The third kappa shape index (κ3) is 2.58. The average Bonchev–Trinajstić information content (AvgIpc) is 2.95. The van der Waals surface area contributed by atoms with E-state index in [-0.39, 0.29) is 10.6 Å². The predicted octanol–water partition coefficient (Wildman–Crippen LogP) is 2.34. The summed E-state index contributed by atoms with van der Waals surface area (Å²) in [6.45, 7) is 3.78. The van der Waals surface area contributed by atoms with Gasteiger partial charge >= 0.3 is 0 Å². The fourth-order valence-corrected chi connectivity index (χ4v) is 1.91. The van der Waals surface area contributed by atoms with Gasteiger partial charge in [-0.15, -0.1) is 0 Å². The Kier molecular flexibility index (Phi) is 3.19. The van der Waals surface area contributed by atoms with Gasteiger partial charge in [0.05, 0.1) is 4.92 Å². The molecule has 1 N–H and O–H groups in total. The summed E-state index contributed by atoms with van der Waals surface area (Å²) in [5.41, 5.74) is 0.972. The van der Waals surface area contributed by atoms with Crippen LogP contribution in [0.1, 0.15) is 18.9 Å². The first-order valence-corrected chi connectivity index (χ1v) is 5.61. The van der Waals surface area contributed by atoms with Crippen molar-refractivity contribution in [2.45, 2.75) is 19.9 Å². The molecule has 1 aliphatic rings. The van der Waals surface area contributed by atoms with E-state index in [4.69, 9.17) is 0 Å². The summed E-state index contributed by atoms with van der Waals surface area (Å²) in [7, 11) is 0. The molecule has 0 spiro atoms. The van der Waals surface area contributed by atoms with Crippen molar-refractivity contribution in [1.82, 2.24) is 5.32 Å². The molecule has 0 aromatic heterocycles. The zero-order valence-electron chi connectivity index (χ0n) is 9.35. The molecule has 0 saturated heterocycles. The van der Waals surface area contributed by atoms with Crippen LogP contribution in [0, 0.1) is 22.0 Å². The Morgan fingerprint density at radius 3 is 2.81 bits per heavy atom. The highest BCUT2D eigenvalue weighted by molar-refractivity contribution is 5.39. The van der Waals surface area contributed by atoms with E-state index >= 15 is 0 Å². The van der Waals surface area contributed by atoms with Crippen molar-refractivity contribution in [2.75, 3.05) is 6.54 Å². The second-order valence-electron chi connectivity index (χ2n) is 4.49. The van der Waals surface area contributed by atoms with E-state index in [1.165, 1.54) is 6.42 Å². The molecule has 0 heterocycles. The number of hydrogen-bond donors (Lipinski definition) is 1. The third-order valence-corrected chi connectivity index (χ3v) is 3.19. The number of para-hydroxylation sites is 1. The maximum atomic E-state index is 10.8. The highest BCUT2D eigenvalue weighted by Crippen LogP contribution is 2.36. The molecule has 0 radical (unpaired) electrons. The molecule has 0 amide bonds. The summed E-state index contributed by atoms with van der Waals surface area (Å²) in [6, 6.07) is 6.90. The van der Waals surface area contributed by atoms with E-state index in [2.05, 4.69) is 12.2 Å². The first kappa shape index (κ1) is 11.1. The van der Waals surface area contributed by atoms with Gasteiger partial charge in [-0.05, 0) is 24.8 Å². The van der Waals surface area contributed by atoms with Gasteiger partial charge in [-0.2, -0.15) is 0 Å². The fraction of sp³-hybridized carbons (Fsp3) is 0.500. The van der Waals surface area contributed by atoms with Crippen LogP contribution in [0.4, 0.5) is 5.69 Å². The second-order valence-corrected chi connectivity index (χ2v) is 4.49. The Morgan fingerprint density at radius 2 is 2.19 bits per heavy atom. The second kappa shape index (κ2) is 4.61. The average molecular weight is 220 g/mol. The highest BCUT2D eigenvalue weighted by Gasteiger charge is 2.31. The van der Waals surface area contributed by atoms with Crippen LogP contribution < -0.4 is 5.32 Å². The molecule has 2 atom stereocenters. The molecule has 1 aromatic carbocycles. The molecule has 86 valence electrons. The molecule has 0 aliphatic heterocycles. The van der Waals surface area contributed by atoms with Crippen LogP contribution in [0.3, 0.4) is 0 Å². The van der Waals surface area contributed by atoms with E-state index in [1.807, 2.05) is 12.1 Å². The van der Waals surface area contributed by atoms with Crippen LogP contribution in [0.2, 0.25) is 0 Å². The number of nitro benzene ring substituents is 1. The van der Waals surface area contributed by atoms with Crippen molar-refractivity contribution in [3.05, 3.63) is 39.9 Å². The Labute approximate surface area is 94.8 Å². The maximum absolute atomic E-state index is 10.8. The molecular weight excluding hydrogens is 204 g/mol. The van der Waals surface area contributed by atoms with Crippen molar-refractivity contribution < 1.29 is 4.92 Å². The molecular formula is C12H16N2O2. The Bertz CT molecular complexity index is 392. The van der Waals surface area contributed by atoms with Gasteiger partial charge in [-0.25, -0.2) is 0 Å². The van der Waals surface area contributed by atoms with Gasteiger partial charge in [0, 0.05) is 18.2 Å². The molecule has 1 aromatic rings. The van der Waals surface area contributed by atoms with Crippen LogP contribution >= 0.6 is 0 Å². The quantitative estimate of drug-likeness (QED) is 0.612. The number of hydrogen-bond acceptors (Lipinski definition) is 3. The molecule has 1 aliphatic carbocycles. The van der Waals surface area contributed by atoms with Gasteiger partial charge < -0.3 is 5.32 Å². The van der Waals surface area contributed by atoms with Crippen LogP contribution in [0.25, 0.3) is 0 Å². The molecule has 16 heavy (non-hydrogen) atoms. The van der Waals surface area contributed by atoms with Gasteiger partial charge in [0.2, 0.25) is 0 Å². The molecule has 1 fully saturated rings. The number of benzene rings is 1. The first-order chi connectivity index (χ1) is 7.68. The minimum atomic E-state index is -0.323. The van der Waals surface area contributed by atoms with Gasteiger partial charge in [0.1, 0.15) is 0 Å². The van der Waals surface area contributed by atoms with Crippen LogP contribution in [-0.2, 0) is 6.54 Å². The normalized spacial score (nSPS) is 23.1. The smallest absolute Gasteiger partial charge is 0.273 e. The van der Waals surface area contributed by atoms with Crippen molar-refractivity contribution in [3.63, 3.8) is 0 Å². The largest absolute Gasteiger partial charge is 0.312 e. The molecule has 4 heteroatoms. The lowest BCUT2D eigenvalue weighted by Crippen LogP contribution is -2.17. The minimum absolute atomic E-state index is 0.207. The third-order valence-electron chi connectivity index (χ3n) is 3.19. The zero-order chi connectivity index (χ0) is 11.5. The molecule has 1 saturated carbocycles. The fourth-order valence-electron chi connectivity index (χ4n) is 1.91. The molecule has 0 bridgehead atoms. The highest BCUT2D eigenvalue weighted by atomic mass is 16.6. The Balaban J connectivity index is 1.90. The molecule has 2 rings (SSSR count).